The fourth-order valence-corrected chi connectivity index (χ4v) is 4.21. The highest BCUT2D eigenvalue weighted by atomic mass is 19.3. The van der Waals surface area contributed by atoms with Crippen LogP contribution < -0.4 is 15.5 Å². The molecule has 1 amide bonds. The lowest BCUT2D eigenvalue weighted by atomic mass is 10.3. The molecular weight excluding hydrogens is 448 g/mol. The van der Waals surface area contributed by atoms with E-state index in [1.54, 1.807) is 23.1 Å². The van der Waals surface area contributed by atoms with Crippen LogP contribution in [-0.2, 0) is 9.53 Å². The third-order valence-electron chi connectivity index (χ3n) is 6.04. The number of anilines is 3. The fourth-order valence-electron chi connectivity index (χ4n) is 4.21. The first-order valence-corrected chi connectivity index (χ1v) is 11.1. The van der Waals surface area contributed by atoms with Gasteiger partial charge in [-0.2, -0.15) is 15.0 Å². The minimum atomic E-state index is -2.86. The number of carbonyl (C=O) groups is 1. The van der Waals surface area contributed by atoms with Gasteiger partial charge >= 0.3 is 0 Å². The molecule has 0 aliphatic carbocycles. The van der Waals surface area contributed by atoms with Crippen LogP contribution >= 0.6 is 0 Å². The zero-order valence-electron chi connectivity index (χ0n) is 18.7. The molecule has 180 valence electrons. The van der Waals surface area contributed by atoms with Gasteiger partial charge in [-0.05, 0) is 12.1 Å². The van der Waals surface area contributed by atoms with Gasteiger partial charge in [0.05, 0.1) is 24.4 Å². The zero-order chi connectivity index (χ0) is 23.8. The summed E-state index contributed by atoms with van der Waals surface area (Å²) in [6.07, 6.45) is -2.86. The first kappa shape index (κ1) is 22.2. The molecule has 2 fully saturated rings. The van der Waals surface area contributed by atoms with E-state index in [0.717, 1.165) is 0 Å². The van der Waals surface area contributed by atoms with Crippen LogP contribution in [-0.4, -0.2) is 87.8 Å². The molecule has 13 heteroatoms. The smallest absolute Gasteiger partial charge is 0.296 e. The Morgan fingerprint density at radius 3 is 2.18 bits per heavy atom. The maximum Gasteiger partial charge on any atom is 0.296 e. The molecule has 5 rings (SSSR count). The molecule has 1 aromatic carbocycles. The van der Waals surface area contributed by atoms with Crippen LogP contribution in [0.3, 0.4) is 0 Å². The number of para-hydroxylation sites is 1. The van der Waals surface area contributed by atoms with E-state index in [-0.39, 0.29) is 17.4 Å². The number of piperazine rings is 1. The second-order valence-electron chi connectivity index (χ2n) is 8.15. The molecule has 4 heterocycles. The molecule has 0 bridgehead atoms. The van der Waals surface area contributed by atoms with Crippen molar-refractivity contribution in [2.75, 3.05) is 68.0 Å². The van der Waals surface area contributed by atoms with Crippen molar-refractivity contribution in [2.45, 2.75) is 13.3 Å². The number of rotatable bonds is 4. The highest BCUT2D eigenvalue weighted by Gasteiger charge is 2.27. The molecule has 2 aliphatic heterocycles. The number of halogens is 2. The van der Waals surface area contributed by atoms with E-state index >= 15 is 0 Å². The molecule has 2 saturated heterocycles. The Labute approximate surface area is 194 Å². The highest BCUT2D eigenvalue weighted by Crippen LogP contribution is 2.30. The van der Waals surface area contributed by atoms with Crippen molar-refractivity contribution in [2.24, 2.45) is 0 Å². The summed E-state index contributed by atoms with van der Waals surface area (Å²) in [5, 5.41) is 0. The number of ether oxygens (including phenoxy) is 1. The van der Waals surface area contributed by atoms with Gasteiger partial charge in [-0.3, -0.25) is 9.36 Å². The number of aromatic nitrogens is 5. The number of carbonyl (C=O) groups excluding carboxylic acids is 1. The van der Waals surface area contributed by atoms with Crippen LogP contribution in [0.4, 0.5) is 26.4 Å². The van der Waals surface area contributed by atoms with Crippen LogP contribution in [0.5, 0.6) is 0 Å². The normalized spacial score (nSPS) is 17.1. The largest absolute Gasteiger partial charge is 0.397 e. The average molecular weight is 473 g/mol. The van der Waals surface area contributed by atoms with E-state index in [1.807, 2.05) is 9.80 Å². The number of hydrogen-bond donors (Lipinski definition) is 1. The number of nitrogen functional groups attached to an aromatic ring is 1. The van der Waals surface area contributed by atoms with Crippen LogP contribution in [0.2, 0.25) is 0 Å². The second-order valence-corrected chi connectivity index (χ2v) is 8.15. The van der Waals surface area contributed by atoms with E-state index in [0.29, 0.717) is 75.6 Å². The van der Waals surface area contributed by atoms with Crippen molar-refractivity contribution in [3.8, 4) is 5.95 Å². The fraction of sp³-hybridized carbons (Fsp3) is 0.476. The summed E-state index contributed by atoms with van der Waals surface area (Å²) in [5.74, 6) is 0.307. The van der Waals surface area contributed by atoms with Gasteiger partial charge in [0, 0.05) is 46.2 Å². The lowest BCUT2D eigenvalue weighted by molar-refractivity contribution is -0.129. The SMILES string of the molecule is CC(=O)N1CCN(c2nc(N3CCOCC3)nc(-n3c(C(F)F)nc4c(N)cccc43)n2)CC1. The van der Waals surface area contributed by atoms with E-state index in [2.05, 4.69) is 19.9 Å². The van der Waals surface area contributed by atoms with Crippen LogP contribution in [0, 0.1) is 0 Å². The summed E-state index contributed by atoms with van der Waals surface area (Å²) in [4.78, 5) is 35.3. The Morgan fingerprint density at radius 2 is 1.56 bits per heavy atom. The number of hydrogen-bond acceptors (Lipinski definition) is 9. The van der Waals surface area contributed by atoms with Gasteiger partial charge in [0.15, 0.2) is 5.82 Å². The number of nitrogens with zero attached hydrogens (tertiary/aromatic N) is 8. The first-order valence-electron chi connectivity index (χ1n) is 11.1. The standard InChI is InChI=1S/C21H25F2N9O2/c1-13(33)29-5-7-30(8-6-29)19-26-20(31-9-11-34-12-10-31)28-21(27-19)32-15-4-2-3-14(24)16(15)25-18(32)17(22)23/h2-4,17H,5-12,24H2,1H3. The summed E-state index contributed by atoms with van der Waals surface area (Å²) in [7, 11) is 0. The first-order chi connectivity index (χ1) is 16.4. The Balaban J connectivity index is 1.63. The molecule has 0 spiro atoms. The maximum atomic E-state index is 14.0. The third kappa shape index (κ3) is 4.06. The molecule has 2 N–H and O–H groups in total. The summed E-state index contributed by atoms with van der Waals surface area (Å²) in [5.41, 5.74) is 6.96. The van der Waals surface area contributed by atoms with Crippen LogP contribution in [0.15, 0.2) is 18.2 Å². The predicted molar refractivity (Wildman–Crippen MR) is 121 cm³/mol. The topological polar surface area (TPSA) is 119 Å². The second kappa shape index (κ2) is 8.97. The van der Waals surface area contributed by atoms with Gasteiger partial charge in [0.25, 0.3) is 6.43 Å². The van der Waals surface area contributed by atoms with Crippen LogP contribution in [0.1, 0.15) is 19.2 Å². The van der Waals surface area contributed by atoms with Crippen LogP contribution in [0.25, 0.3) is 17.0 Å². The molecule has 2 aromatic heterocycles. The van der Waals surface area contributed by atoms with Crippen molar-refractivity contribution in [3.63, 3.8) is 0 Å². The summed E-state index contributed by atoms with van der Waals surface area (Å²) < 4.78 is 34.8. The number of benzene rings is 1. The molecule has 0 atom stereocenters. The molecule has 2 aliphatic rings. The lowest BCUT2D eigenvalue weighted by Crippen LogP contribution is -2.49. The number of morpholine rings is 1. The molecule has 34 heavy (non-hydrogen) atoms. The molecule has 0 saturated carbocycles. The lowest BCUT2D eigenvalue weighted by Gasteiger charge is -2.35. The van der Waals surface area contributed by atoms with Gasteiger partial charge in [-0.25, -0.2) is 13.8 Å². The highest BCUT2D eigenvalue weighted by molar-refractivity contribution is 5.88. The van der Waals surface area contributed by atoms with Gasteiger partial charge in [0.1, 0.15) is 5.52 Å². The quantitative estimate of drug-likeness (QED) is 0.558. The van der Waals surface area contributed by atoms with Crippen molar-refractivity contribution in [1.29, 1.82) is 0 Å². The zero-order valence-corrected chi connectivity index (χ0v) is 18.7. The number of fused-ring (bicyclic) bond motifs is 1. The number of nitrogens with two attached hydrogens (primary N) is 1. The summed E-state index contributed by atoms with van der Waals surface area (Å²) in [6.45, 7) is 5.79. The Kier molecular flexibility index (Phi) is 5.86. The van der Waals surface area contributed by atoms with Crippen molar-refractivity contribution < 1.29 is 18.3 Å². The number of imidazole rings is 1. The Hall–Kier alpha value is -3.61. The van der Waals surface area contributed by atoms with Crippen molar-refractivity contribution in [1.82, 2.24) is 29.4 Å². The predicted octanol–water partition coefficient (Wildman–Crippen LogP) is 1.24. The Morgan fingerprint density at radius 1 is 0.941 bits per heavy atom. The summed E-state index contributed by atoms with van der Waals surface area (Å²) >= 11 is 0. The van der Waals surface area contributed by atoms with Crippen molar-refractivity contribution >= 4 is 34.5 Å². The molecule has 3 aromatic rings. The van der Waals surface area contributed by atoms with Crippen molar-refractivity contribution in [3.05, 3.63) is 24.0 Å². The number of amides is 1. The molecular formula is C21H25F2N9O2. The van der Waals surface area contributed by atoms with E-state index < -0.39 is 12.2 Å². The number of alkyl halides is 2. The minimum Gasteiger partial charge on any atom is -0.397 e. The van der Waals surface area contributed by atoms with E-state index in [4.69, 9.17) is 10.5 Å². The van der Waals surface area contributed by atoms with E-state index in [1.165, 1.54) is 11.5 Å². The molecule has 0 unspecified atom stereocenters. The van der Waals surface area contributed by atoms with Gasteiger partial charge in [-0.1, -0.05) is 6.07 Å². The minimum absolute atomic E-state index is 0.00837. The van der Waals surface area contributed by atoms with Gasteiger partial charge in [-0.15, -0.1) is 0 Å². The molecule has 0 radical (unpaired) electrons. The van der Waals surface area contributed by atoms with Gasteiger partial charge < -0.3 is 25.2 Å². The average Bonchev–Trinajstić information content (AvgIpc) is 3.26. The molecule has 11 nitrogen and oxygen atoms in total. The summed E-state index contributed by atoms with van der Waals surface area (Å²) in [6, 6.07) is 4.95. The monoisotopic (exact) mass is 473 g/mol. The van der Waals surface area contributed by atoms with E-state index in [9.17, 15) is 13.6 Å². The Bertz CT molecular complexity index is 1200. The third-order valence-corrected chi connectivity index (χ3v) is 6.04. The van der Waals surface area contributed by atoms with Gasteiger partial charge in [0.2, 0.25) is 23.8 Å². The maximum absolute atomic E-state index is 14.0.